The third-order valence-corrected chi connectivity index (χ3v) is 4.51. The number of aliphatic hydroxyl groups is 1. The molecular formula is C14H13ClFNO3S. The van der Waals surface area contributed by atoms with Gasteiger partial charge >= 0.3 is 0 Å². The van der Waals surface area contributed by atoms with Gasteiger partial charge in [0.15, 0.2) is 0 Å². The van der Waals surface area contributed by atoms with E-state index in [0.717, 1.165) is 17.7 Å². The van der Waals surface area contributed by atoms with Crippen LogP contribution in [0, 0.1) is 12.7 Å². The van der Waals surface area contributed by atoms with Gasteiger partial charge in [-0.15, -0.1) is 0 Å². The normalized spacial score (nSPS) is 11.4. The Morgan fingerprint density at radius 2 is 1.95 bits per heavy atom. The Morgan fingerprint density at radius 3 is 2.57 bits per heavy atom. The summed E-state index contributed by atoms with van der Waals surface area (Å²) in [6, 6.07) is 7.80. The van der Waals surface area contributed by atoms with Crippen LogP contribution in [0.4, 0.5) is 10.1 Å². The van der Waals surface area contributed by atoms with Gasteiger partial charge in [0.2, 0.25) is 0 Å². The Labute approximate surface area is 127 Å². The zero-order chi connectivity index (χ0) is 15.6. The molecule has 2 aromatic rings. The second kappa shape index (κ2) is 6.01. The van der Waals surface area contributed by atoms with Crippen molar-refractivity contribution in [3.8, 4) is 0 Å². The van der Waals surface area contributed by atoms with Crippen molar-refractivity contribution in [3.05, 3.63) is 58.4 Å². The number of anilines is 1. The van der Waals surface area contributed by atoms with Gasteiger partial charge in [-0.25, -0.2) is 12.8 Å². The Kier molecular flexibility index (Phi) is 4.51. The van der Waals surface area contributed by atoms with Gasteiger partial charge in [-0.2, -0.15) is 0 Å². The van der Waals surface area contributed by atoms with E-state index in [9.17, 15) is 17.9 Å². The number of benzene rings is 2. The molecule has 2 aromatic carbocycles. The summed E-state index contributed by atoms with van der Waals surface area (Å²) in [6.07, 6.45) is 0. The summed E-state index contributed by atoms with van der Waals surface area (Å²) in [4.78, 5) is -0.0162. The first-order chi connectivity index (χ1) is 9.81. The highest BCUT2D eigenvalue weighted by Crippen LogP contribution is 2.22. The van der Waals surface area contributed by atoms with Crippen LogP contribution in [-0.2, 0) is 16.6 Å². The minimum absolute atomic E-state index is 0.0162. The summed E-state index contributed by atoms with van der Waals surface area (Å²) in [6.45, 7) is 1.50. The molecule has 0 saturated carbocycles. The fourth-order valence-corrected chi connectivity index (χ4v) is 3.12. The fourth-order valence-electron chi connectivity index (χ4n) is 1.81. The van der Waals surface area contributed by atoms with Gasteiger partial charge in [-0.3, -0.25) is 4.72 Å². The predicted molar refractivity (Wildman–Crippen MR) is 79.3 cm³/mol. The van der Waals surface area contributed by atoms with Gasteiger partial charge in [0.05, 0.1) is 17.2 Å². The molecule has 112 valence electrons. The molecule has 21 heavy (non-hydrogen) atoms. The van der Waals surface area contributed by atoms with Crippen LogP contribution in [0.5, 0.6) is 0 Å². The maximum absolute atomic E-state index is 13.2. The van der Waals surface area contributed by atoms with Crippen molar-refractivity contribution < 1.29 is 17.9 Å². The van der Waals surface area contributed by atoms with Crippen LogP contribution < -0.4 is 4.72 Å². The highest BCUT2D eigenvalue weighted by atomic mass is 35.5. The van der Waals surface area contributed by atoms with Crippen LogP contribution in [0.25, 0.3) is 0 Å². The van der Waals surface area contributed by atoms with Crippen molar-refractivity contribution in [2.75, 3.05) is 4.72 Å². The van der Waals surface area contributed by atoms with Gasteiger partial charge in [0.1, 0.15) is 5.82 Å². The van der Waals surface area contributed by atoms with E-state index in [2.05, 4.69) is 4.72 Å². The largest absolute Gasteiger partial charge is 0.392 e. The van der Waals surface area contributed by atoms with Crippen LogP contribution in [0.15, 0.2) is 41.3 Å². The molecule has 0 aromatic heterocycles. The number of rotatable bonds is 4. The van der Waals surface area contributed by atoms with Crippen molar-refractivity contribution in [2.45, 2.75) is 18.4 Å². The molecule has 2 rings (SSSR count). The lowest BCUT2D eigenvalue weighted by molar-refractivity contribution is 0.281. The van der Waals surface area contributed by atoms with E-state index in [1.54, 1.807) is 13.0 Å². The number of halogens is 2. The third-order valence-electron chi connectivity index (χ3n) is 2.92. The molecule has 0 saturated heterocycles. The molecule has 0 spiro atoms. The third kappa shape index (κ3) is 3.72. The van der Waals surface area contributed by atoms with E-state index < -0.39 is 15.8 Å². The zero-order valence-corrected chi connectivity index (χ0v) is 12.7. The minimum Gasteiger partial charge on any atom is -0.392 e. The van der Waals surface area contributed by atoms with E-state index in [1.165, 1.54) is 18.2 Å². The van der Waals surface area contributed by atoms with Gasteiger partial charge < -0.3 is 5.11 Å². The lowest BCUT2D eigenvalue weighted by Crippen LogP contribution is -2.13. The van der Waals surface area contributed by atoms with Gasteiger partial charge in [0.25, 0.3) is 10.0 Å². The van der Waals surface area contributed by atoms with Crippen molar-refractivity contribution >= 4 is 27.3 Å². The first-order valence-corrected chi connectivity index (χ1v) is 7.87. The summed E-state index contributed by atoms with van der Waals surface area (Å²) in [7, 11) is -3.88. The summed E-state index contributed by atoms with van der Waals surface area (Å²) in [5.74, 6) is -0.639. The fraction of sp³-hybridized carbons (Fsp3) is 0.143. The molecule has 0 fully saturated rings. The predicted octanol–water partition coefficient (Wildman–Crippen LogP) is 3.08. The SMILES string of the molecule is Cc1ccc(S(=O)(=O)Nc2cc(F)cc(Cl)c2)cc1CO. The van der Waals surface area contributed by atoms with Crippen molar-refractivity contribution in [1.82, 2.24) is 0 Å². The van der Waals surface area contributed by atoms with Gasteiger partial charge in [0, 0.05) is 5.02 Å². The number of aryl methyl sites for hydroxylation is 1. The molecule has 2 N–H and O–H groups in total. The summed E-state index contributed by atoms with van der Waals surface area (Å²) in [5.41, 5.74) is 1.33. The Morgan fingerprint density at radius 1 is 1.24 bits per heavy atom. The van der Waals surface area contributed by atoms with Crippen LogP contribution in [0.2, 0.25) is 5.02 Å². The Bertz CT molecular complexity index is 758. The summed E-state index contributed by atoms with van der Waals surface area (Å²) >= 11 is 5.69. The van der Waals surface area contributed by atoms with E-state index in [0.29, 0.717) is 5.56 Å². The molecule has 0 atom stereocenters. The van der Waals surface area contributed by atoms with E-state index in [-0.39, 0.29) is 22.2 Å². The number of aliphatic hydroxyl groups excluding tert-OH is 1. The standard InChI is InChI=1S/C14H13ClFNO3S/c1-9-2-3-14(4-10(9)8-18)21(19,20)17-13-6-11(15)5-12(16)7-13/h2-7,17-18H,8H2,1H3. The lowest BCUT2D eigenvalue weighted by Gasteiger charge is -2.10. The van der Waals surface area contributed by atoms with Gasteiger partial charge in [-0.05, 0) is 48.4 Å². The minimum atomic E-state index is -3.88. The smallest absolute Gasteiger partial charge is 0.261 e. The van der Waals surface area contributed by atoms with Crippen molar-refractivity contribution in [2.24, 2.45) is 0 Å². The van der Waals surface area contributed by atoms with E-state index in [1.807, 2.05) is 0 Å². The summed E-state index contributed by atoms with van der Waals surface area (Å²) < 4.78 is 40.0. The van der Waals surface area contributed by atoms with Crippen LogP contribution in [0.1, 0.15) is 11.1 Å². The van der Waals surface area contributed by atoms with Crippen LogP contribution in [-0.4, -0.2) is 13.5 Å². The molecule has 4 nitrogen and oxygen atoms in total. The number of nitrogens with one attached hydrogen (secondary N) is 1. The number of sulfonamides is 1. The second-order valence-electron chi connectivity index (χ2n) is 4.51. The molecule has 0 heterocycles. The zero-order valence-electron chi connectivity index (χ0n) is 11.1. The molecule has 0 aliphatic heterocycles. The monoisotopic (exact) mass is 329 g/mol. The van der Waals surface area contributed by atoms with Gasteiger partial charge in [-0.1, -0.05) is 17.7 Å². The number of hydrogen-bond acceptors (Lipinski definition) is 3. The second-order valence-corrected chi connectivity index (χ2v) is 6.63. The molecular weight excluding hydrogens is 317 g/mol. The Balaban J connectivity index is 2.38. The van der Waals surface area contributed by atoms with Crippen molar-refractivity contribution in [3.63, 3.8) is 0 Å². The van der Waals surface area contributed by atoms with Crippen LogP contribution in [0.3, 0.4) is 0 Å². The lowest BCUT2D eigenvalue weighted by atomic mass is 10.1. The van der Waals surface area contributed by atoms with E-state index >= 15 is 0 Å². The first-order valence-electron chi connectivity index (χ1n) is 6.01. The average Bonchev–Trinajstić information content (AvgIpc) is 2.37. The maximum Gasteiger partial charge on any atom is 0.261 e. The highest BCUT2D eigenvalue weighted by Gasteiger charge is 2.16. The maximum atomic E-state index is 13.2. The number of hydrogen-bond donors (Lipinski definition) is 2. The van der Waals surface area contributed by atoms with Crippen LogP contribution >= 0.6 is 11.6 Å². The molecule has 0 bridgehead atoms. The topological polar surface area (TPSA) is 66.4 Å². The highest BCUT2D eigenvalue weighted by molar-refractivity contribution is 7.92. The Hall–Kier alpha value is -1.63. The molecule has 0 unspecified atom stereocenters. The molecule has 0 amide bonds. The quantitative estimate of drug-likeness (QED) is 0.906. The average molecular weight is 330 g/mol. The first kappa shape index (κ1) is 15.8. The summed E-state index contributed by atoms with van der Waals surface area (Å²) in [5, 5.41) is 9.28. The van der Waals surface area contributed by atoms with Crippen molar-refractivity contribution in [1.29, 1.82) is 0 Å². The molecule has 0 aliphatic rings. The molecule has 0 radical (unpaired) electrons. The molecule has 7 heteroatoms. The molecule has 0 aliphatic carbocycles. The van der Waals surface area contributed by atoms with E-state index in [4.69, 9.17) is 11.6 Å².